The van der Waals surface area contributed by atoms with Crippen LogP contribution in [0, 0.1) is 0 Å². The fourth-order valence-electron chi connectivity index (χ4n) is 2.78. The van der Waals surface area contributed by atoms with Crippen molar-refractivity contribution >= 4 is 67.8 Å². The normalized spacial score (nSPS) is 10.8. The molecule has 11 heteroatoms. The van der Waals surface area contributed by atoms with Gasteiger partial charge in [-0.15, -0.1) is 40.6 Å². The lowest BCUT2D eigenvalue weighted by atomic mass is 10.2. The summed E-state index contributed by atoms with van der Waals surface area (Å²) in [7, 11) is 0. The maximum Gasteiger partial charge on any atom is 0.279 e. The van der Waals surface area contributed by atoms with Crippen LogP contribution in [0.2, 0.25) is 0 Å². The van der Waals surface area contributed by atoms with Crippen LogP contribution in [-0.4, -0.2) is 27.1 Å². The highest BCUT2D eigenvalue weighted by molar-refractivity contribution is 7.99. The first kappa shape index (κ1) is 21.5. The maximum absolute atomic E-state index is 13.2. The smallest absolute Gasteiger partial charge is 0.279 e. The molecule has 4 aromatic heterocycles. The van der Waals surface area contributed by atoms with Crippen molar-refractivity contribution in [3.63, 3.8) is 0 Å². The molecule has 0 saturated carbocycles. The van der Waals surface area contributed by atoms with Crippen molar-refractivity contribution in [2.75, 3.05) is 5.75 Å². The Bertz CT molecular complexity index is 1290. The van der Waals surface area contributed by atoms with Gasteiger partial charge in [0.25, 0.3) is 11.5 Å². The molecule has 0 aliphatic carbocycles. The first-order chi connectivity index (χ1) is 15.1. The van der Waals surface area contributed by atoms with Gasteiger partial charge in [0.15, 0.2) is 5.16 Å². The summed E-state index contributed by atoms with van der Waals surface area (Å²) >= 11 is 5.38. The van der Waals surface area contributed by atoms with Gasteiger partial charge in [0.2, 0.25) is 5.91 Å². The number of hydrogen-bond donors (Lipinski definition) is 2. The van der Waals surface area contributed by atoms with Gasteiger partial charge in [-0.05, 0) is 22.9 Å². The minimum atomic E-state index is -0.403. The molecular weight excluding hydrogens is 473 g/mol. The summed E-state index contributed by atoms with van der Waals surface area (Å²) < 4.78 is 1.52. The van der Waals surface area contributed by atoms with Gasteiger partial charge in [-0.2, -0.15) is 0 Å². The van der Waals surface area contributed by atoms with Crippen LogP contribution in [0.5, 0.6) is 0 Å². The van der Waals surface area contributed by atoms with Gasteiger partial charge in [-0.25, -0.2) is 4.98 Å². The molecule has 0 atom stereocenters. The summed E-state index contributed by atoms with van der Waals surface area (Å²) in [5, 5.41) is 6.68. The highest BCUT2D eigenvalue weighted by Crippen LogP contribution is 2.34. The van der Waals surface area contributed by atoms with E-state index in [1.807, 2.05) is 22.9 Å². The number of allylic oxidation sites excluding steroid dienone is 1. The van der Waals surface area contributed by atoms with Crippen LogP contribution < -0.4 is 16.4 Å². The molecule has 2 amide bonds. The number of thioether (sulfide) groups is 1. The van der Waals surface area contributed by atoms with Crippen LogP contribution in [-0.2, 0) is 11.3 Å². The Kier molecular flexibility index (Phi) is 6.66. The SMILES string of the molecule is C=CCn1c(SCC(=O)NNC(=O)c2cccs2)nc2scc(-c3cccs3)c2c1=O. The maximum atomic E-state index is 13.2. The number of amides is 2. The largest absolute Gasteiger partial charge is 0.283 e. The average molecular weight is 489 g/mol. The lowest BCUT2D eigenvalue weighted by molar-refractivity contribution is -0.119. The third-order valence-corrected chi connectivity index (χ3v) is 7.77. The summed E-state index contributed by atoms with van der Waals surface area (Å²) in [6.45, 7) is 4.01. The monoisotopic (exact) mass is 488 g/mol. The topological polar surface area (TPSA) is 93.1 Å². The Hall–Kier alpha value is -2.73. The molecular formula is C20H16N4O3S4. The van der Waals surface area contributed by atoms with E-state index in [0.717, 1.165) is 22.2 Å². The van der Waals surface area contributed by atoms with E-state index in [1.165, 1.54) is 27.2 Å². The molecule has 4 heterocycles. The molecule has 7 nitrogen and oxygen atoms in total. The van der Waals surface area contributed by atoms with Crippen molar-refractivity contribution in [3.8, 4) is 10.4 Å². The number of hydrazine groups is 1. The fraction of sp³-hybridized carbons (Fsp3) is 0.100. The number of hydrogen-bond acceptors (Lipinski definition) is 8. The molecule has 0 radical (unpaired) electrons. The van der Waals surface area contributed by atoms with E-state index in [4.69, 9.17) is 0 Å². The Balaban J connectivity index is 1.52. The van der Waals surface area contributed by atoms with Crippen molar-refractivity contribution in [2.45, 2.75) is 11.7 Å². The number of fused-ring (bicyclic) bond motifs is 1. The predicted molar refractivity (Wildman–Crippen MR) is 128 cm³/mol. The van der Waals surface area contributed by atoms with Gasteiger partial charge in [-0.3, -0.25) is 29.8 Å². The summed E-state index contributed by atoms with van der Waals surface area (Å²) in [6.07, 6.45) is 1.62. The van der Waals surface area contributed by atoms with Gasteiger partial charge in [0, 0.05) is 22.4 Å². The lowest BCUT2D eigenvalue weighted by Crippen LogP contribution is -2.42. The molecule has 4 aromatic rings. The van der Waals surface area contributed by atoms with Gasteiger partial charge in [-0.1, -0.05) is 30.0 Å². The molecule has 31 heavy (non-hydrogen) atoms. The molecule has 0 spiro atoms. The number of nitrogens with one attached hydrogen (secondary N) is 2. The minimum absolute atomic E-state index is 0.0109. The summed E-state index contributed by atoms with van der Waals surface area (Å²) in [6, 6.07) is 7.34. The second-order valence-electron chi connectivity index (χ2n) is 6.17. The van der Waals surface area contributed by atoms with Crippen LogP contribution in [0.1, 0.15) is 9.67 Å². The predicted octanol–water partition coefficient (Wildman–Crippen LogP) is 3.99. The average Bonchev–Trinajstić information content (AvgIpc) is 3.53. The Morgan fingerprint density at radius 1 is 1.16 bits per heavy atom. The number of carbonyl (C=O) groups is 2. The Morgan fingerprint density at radius 2 is 1.97 bits per heavy atom. The molecule has 0 aliphatic rings. The van der Waals surface area contributed by atoms with Crippen molar-refractivity contribution in [1.82, 2.24) is 20.4 Å². The highest BCUT2D eigenvalue weighted by Gasteiger charge is 2.18. The fourth-order valence-corrected chi connectivity index (χ4v) is 6.01. The first-order valence-corrected chi connectivity index (χ1v) is 12.6. The number of rotatable bonds is 7. The highest BCUT2D eigenvalue weighted by atomic mass is 32.2. The van der Waals surface area contributed by atoms with E-state index in [9.17, 15) is 14.4 Å². The molecule has 4 rings (SSSR count). The molecule has 158 valence electrons. The van der Waals surface area contributed by atoms with E-state index < -0.39 is 5.91 Å². The van der Waals surface area contributed by atoms with Crippen LogP contribution >= 0.6 is 45.8 Å². The summed E-state index contributed by atoms with van der Waals surface area (Å²) in [4.78, 5) is 44.1. The van der Waals surface area contributed by atoms with Gasteiger partial charge >= 0.3 is 0 Å². The van der Waals surface area contributed by atoms with E-state index in [2.05, 4.69) is 22.4 Å². The molecule has 0 fully saturated rings. The Morgan fingerprint density at radius 3 is 2.68 bits per heavy atom. The first-order valence-electron chi connectivity index (χ1n) is 9.00. The second kappa shape index (κ2) is 9.60. The minimum Gasteiger partial charge on any atom is -0.283 e. The van der Waals surface area contributed by atoms with Gasteiger partial charge < -0.3 is 0 Å². The molecule has 0 aliphatic heterocycles. The molecule has 2 N–H and O–H groups in total. The van der Waals surface area contributed by atoms with Gasteiger partial charge in [0.05, 0.1) is 16.0 Å². The van der Waals surface area contributed by atoms with Crippen molar-refractivity contribution < 1.29 is 9.59 Å². The molecule has 0 unspecified atom stereocenters. The molecule has 0 bridgehead atoms. The van der Waals surface area contributed by atoms with Crippen molar-refractivity contribution in [2.24, 2.45) is 0 Å². The third-order valence-electron chi connectivity index (χ3n) is 4.15. The Labute approximate surface area is 193 Å². The number of thiophene rings is 3. The quantitative estimate of drug-likeness (QED) is 0.178. The van der Waals surface area contributed by atoms with Crippen LogP contribution in [0.25, 0.3) is 20.7 Å². The number of nitrogens with zero attached hydrogens (tertiary/aromatic N) is 2. The summed E-state index contributed by atoms with van der Waals surface area (Å²) in [5.74, 6) is -0.792. The van der Waals surface area contributed by atoms with Crippen LogP contribution in [0.3, 0.4) is 0 Å². The van der Waals surface area contributed by atoms with Crippen LogP contribution in [0.4, 0.5) is 0 Å². The molecule has 0 saturated heterocycles. The zero-order chi connectivity index (χ0) is 21.8. The van der Waals surface area contributed by atoms with E-state index in [0.29, 0.717) is 20.3 Å². The van der Waals surface area contributed by atoms with Gasteiger partial charge in [0.1, 0.15) is 4.83 Å². The third kappa shape index (κ3) is 4.64. The van der Waals surface area contributed by atoms with E-state index in [1.54, 1.807) is 34.9 Å². The zero-order valence-corrected chi connectivity index (χ0v) is 19.3. The zero-order valence-electron chi connectivity index (χ0n) is 16.0. The molecule has 0 aromatic carbocycles. The number of carbonyl (C=O) groups excluding carboxylic acids is 2. The summed E-state index contributed by atoms with van der Waals surface area (Å²) in [5.41, 5.74) is 5.47. The van der Waals surface area contributed by atoms with E-state index in [-0.39, 0.29) is 23.8 Å². The van der Waals surface area contributed by atoms with Crippen molar-refractivity contribution in [1.29, 1.82) is 0 Å². The standard InChI is InChI=1S/C20H16N4O3S4/c1-2-7-24-19(27)16-12(13-5-3-8-28-13)10-30-18(16)21-20(24)31-11-15(25)22-23-17(26)14-6-4-9-29-14/h2-6,8-10H,1,7,11H2,(H,22,25)(H,23,26). The second-order valence-corrected chi connectivity index (χ2v) is 9.87. The van der Waals surface area contributed by atoms with Crippen LogP contribution in [0.15, 0.2) is 63.0 Å². The lowest BCUT2D eigenvalue weighted by Gasteiger charge is -2.11. The van der Waals surface area contributed by atoms with Crippen molar-refractivity contribution in [3.05, 3.63) is 68.3 Å². The number of aromatic nitrogens is 2. The van der Waals surface area contributed by atoms with E-state index >= 15 is 0 Å².